The summed E-state index contributed by atoms with van der Waals surface area (Å²) in [6, 6.07) is 10.4. The van der Waals surface area contributed by atoms with Gasteiger partial charge >= 0.3 is 0 Å². The molecular weight excluding hydrogens is 270 g/mol. The molecule has 2 aromatic carbocycles. The third-order valence-corrected chi connectivity index (χ3v) is 3.17. The third kappa shape index (κ3) is 3.50. The predicted molar refractivity (Wildman–Crippen MR) is 71.6 cm³/mol. The molecule has 0 bridgehead atoms. The van der Waals surface area contributed by atoms with Gasteiger partial charge in [0.15, 0.2) is 0 Å². The number of hydrogen-bond acceptors (Lipinski definition) is 2. The highest BCUT2D eigenvalue weighted by molar-refractivity contribution is 6.30. The molecule has 0 heterocycles. The van der Waals surface area contributed by atoms with Crippen LogP contribution < -0.4 is 11.3 Å². The van der Waals surface area contributed by atoms with Gasteiger partial charge < -0.3 is 0 Å². The maximum absolute atomic E-state index is 13.2. The minimum Gasteiger partial charge on any atom is -0.271 e. The van der Waals surface area contributed by atoms with Gasteiger partial charge in [0.05, 0.1) is 11.1 Å². The Morgan fingerprint density at radius 3 is 2.58 bits per heavy atom. The number of nitrogens with two attached hydrogens (primary N) is 1. The van der Waals surface area contributed by atoms with Crippen LogP contribution in [0.5, 0.6) is 0 Å². The fourth-order valence-electron chi connectivity index (χ4n) is 1.90. The van der Waals surface area contributed by atoms with Crippen molar-refractivity contribution in [2.24, 2.45) is 5.84 Å². The molecule has 0 saturated heterocycles. The second-order valence-corrected chi connectivity index (χ2v) is 4.63. The molecule has 1 unspecified atom stereocenters. The molecule has 0 aliphatic carbocycles. The van der Waals surface area contributed by atoms with Crippen LogP contribution in [0.4, 0.5) is 8.78 Å². The van der Waals surface area contributed by atoms with Gasteiger partial charge in [-0.25, -0.2) is 8.78 Å². The first-order chi connectivity index (χ1) is 9.10. The molecule has 2 nitrogen and oxygen atoms in total. The van der Waals surface area contributed by atoms with Crippen LogP contribution in [0.1, 0.15) is 17.2 Å². The Balaban J connectivity index is 2.21. The van der Waals surface area contributed by atoms with Crippen molar-refractivity contribution in [3.05, 3.63) is 70.2 Å². The quantitative estimate of drug-likeness (QED) is 0.666. The van der Waals surface area contributed by atoms with E-state index in [1.807, 2.05) is 0 Å². The molecule has 0 radical (unpaired) electrons. The number of nitrogens with one attached hydrogen (secondary N) is 1. The summed E-state index contributed by atoms with van der Waals surface area (Å²) in [5, 5.41) is 0.0625. The van der Waals surface area contributed by atoms with Crippen molar-refractivity contribution in [1.82, 2.24) is 5.43 Å². The molecular formula is C14H13ClF2N2. The van der Waals surface area contributed by atoms with Gasteiger partial charge in [0.25, 0.3) is 0 Å². The van der Waals surface area contributed by atoms with Gasteiger partial charge in [0.2, 0.25) is 0 Å². The van der Waals surface area contributed by atoms with Crippen molar-refractivity contribution in [2.75, 3.05) is 0 Å². The molecule has 0 amide bonds. The normalized spacial score (nSPS) is 12.4. The number of hydrazine groups is 1. The molecule has 3 N–H and O–H groups in total. The van der Waals surface area contributed by atoms with E-state index in [-0.39, 0.29) is 16.9 Å². The SMILES string of the molecule is NNC(Cc1ccc(F)c(Cl)c1)c1cccc(F)c1. The van der Waals surface area contributed by atoms with Crippen molar-refractivity contribution >= 4 is 11.6 Å². The van der Waals surface area contributed by atoms with E-state index >= 15 is 0 Å². The van der Waals surface area contributed by atoms with Crippen molar-refractivity contribution in [3.63, 3.8) is 0 Å². The highest BCUT2D eigenvalue weighted by atomic mass is 35.5. The van der Waals surface area contributed by atoms with Crippen LogP contribution in [-0.4, -0.2) is 0 Å². The zero-order valence-electron chi connectivity index (χ0n) is 10.0. The van der Waals surface area contributed by atoms with Gasteiger partial charge in [-0.1, -0.05) is 29.8 Å². The topological polar surface area (TPSA) is 38.0 Å². The molecule has 0 aliphatic heterocycles. The Morgan fingerprint density at radius 2 is 1.95 bits per heavy atom. The van der Waals surface area contributed by atoms with Crippen molar-refractivity contribution < 1.29 is 8.78 Å². The fourth-order valence-corrected chi connectivity index (χ4v) is 2.10. The Bertz CT molecular complexity index is 575. The summed E-state index contributed by atoms with van der Waals surface area (Å²) in [5.74, 6) is 4.70. The summed E-state index contributed by atoms with van der Waals surface area (Å²) in [6.45, 7) is 0. The second-order valence-electron chi connectivity index (χ2n) is 4.23. The van der Waals surface area contributed by atoms with Gasteiger partial charge in [-0.3, -0.25) is 11.3 Å². The minimum absolute atomic E-state index is 0.0625. The maximum atomic E-state index is 13.2. The lowest BCUT2D eigenvalue weighted by Gasteiger charge is -2.16. The highest BCUT2D eigenvalue weighted by Crippen LogP contribution is 2.22. The Kier molecular flexibility index (Phi) is 4.47. The van der Waals surface area contributed by atoms with Crippen LogP contribution in [0, 0.1) is 11.6 Å². The van der Waals surface area contributed by atoms with Gasteiger partial charge in [-0.2, -0.15) is 0 Å². The lowest BCUT2D eigenvalue weighted by atomic mass is 9.99. The van der Waals surface area contributed by atoms with E-state index in [4.69, 9.17) is 17.4 Å². The molecule has 0 aromatic heterocycles. The largest absolute Gasteiger partial charge is 0.271 e. The molecule has 19 heavy (non-hydrogen) atoms. The van der Waals surface area contributed by atoms with Crippen molar-refractivity contribution in [2.45, 2.75) is 12.5 Å². The Hall–Kier alpha value is -1.49. The fraction of sp³-hybridized carbons (Fsp3) is 0.143. The van der Waals surface area contributed by atoms with E-state index in [0.29, 0.717) is 6.42 Å². The summed E-state index contributed by atoms with van der Waals surface area (Å²) in [6.07, 6.45) is 0.486. The van der Waals surface area contributed by atoms with E-state index in [1.54, 1.807) is 24.3 Å². The van der Waals surface area contributed by atoms with Crippen LogP contribution in [-0.2, 0) is 6.42 Å². The third-order valence-electron chi connectivity index (χ3n) is 2.88. The minimum atomic E-state index is -0.464. The van der Waals surface area contributed by atoms with E-state index in [1.165, 1.54) is 18.2 Å². The van der Waals surface area contributed by atoms with E-state index in [9.17, 15) is 8.78 Å². The standard InChI is InChI=1S/C14H13ClF2N2/c15-12-6-9(4-5-13(12)17)7-14(19-18)10-2-1-3-11(16)8-10/h1-6,8,14,19H,7,18H2. The summed E-state index contributed by atoms with van der Waals surface area (Å²) in [4.78, 5) is 0. The van der Waals surface area contributed by atoms with Crippen molar-refractivity contribution in [1.29, 1.82) is 0 Å². The summed E-state index contributed by atoms with van der Waals surface area (Å²) < 4.78 is 26.3. The first-order valence-corrected chi connectivity index (χ1v) is 6.13. The lowest BCUT2D eigenvalue weighted by Crippen LogP contribution is -2.29. The van der Waals surface area contributed by atoms with Gasteiger partial charge in [0.1, 0.15) is 11.6 Å². The number of halogens is 3. The average Bonchev–Trinajstić information content (AvgIpc) is 2.40. The van der Waals surface area contributed by atoms with E-state index < -0.39 is 5.82 Å². The molecule has 0 fully saturated rings. The highest BCUT2D eigenvalue weighted by Gasteiger charge is 2.12. The summed E-state index contributed by atoms with van der Waals surface area (Å²) in [5.41, 5.74) is 4.17. The van der Waals surface area contributed by atoms with Crippen LogP contribution in [0.2, 0.25) is 5.02 Å². The number of benzene rings is 2. The lowest BCUT2D eigenvalue weighted by molar-refractivity contribution is 0.543. The second kappa shape index (κ2) is 6.10. The van der Waals surface area contributed by atoms with Gasteiger partial charge in [-0.15, -0.1) is 0 Å². The Morgan fingerprint density at radius 1 is 1.16 bits per heavy atom. The summed E-state index contributed by atoms with van der Waals surface area (Å²) >= 11 is 5.73. The van der Waals surface area contributed by atoms with Crippen LogP contribution in [0.25, 0.3) is 0 Å². The zero-order chi connectivity index (χ0) is 13.8. The number of rotatable bonds is 4. The van der Waals surface area contributed by atoms with E-state index in [0.717, 1.165) is 11.1 Å². The predicted octanol–water partition coefficient (Wildman–Crippen LogP) is 3.37. The maximum Gasteiger partial charge on any atom is 0.141 e. The Labute approximate surface area is 115 Å². The zero-order valence-corrected chi connectivity index (χ0v) is 10.8. The number of hydrogen-bond donors (Lipinski definition) is 2. The molecule has 100 valence electrons. The molecule has 0 spiro atoms. The molecule has 2 aromatic rings. The smallest absolute Gasteiger partial charge is 0.141 e. The monoisotopic (exact) mass is 282 g/mol. The van der Waals surface area contributed by atoms with Crippen molar-refractivity contribution in [3.8, 4) is 0 Å². The van der Waals surface area contributed by atoms with Crippen LogP contribution in [0.15, 0.2) is 42.5 Å². The van der Waals surface area contributed by atoms with Gasteiger partial charge in [-0.05, 0) is 41.8 Å². The molecule has 5 heteroatoms. The van der Waals surface area contributed by atoms with Crippen LogP contribution >= 0.6 is 11.6 Å². The molecule has 0 aliphatic rings. The van der Waals surface area contributed by atoms with E-state index in [2.05, 4.69) is 5.43 Å². The van der Waals surface area contributed by atoms with Gasteiger partial charge in [0, 0.05) is 0 Å². The molecule has 1 atom stereocenters. The molecule has 0 saturated carbocycles. The van der Waals surface area contributed by atoms with Crippen LogP contribution in [0.3, 0.4) is 0 Å². The first-order valence-electron chi connectivity index (χ1n) is 5.75. The average molecular weight is 283 g/mol. The molecule has 2 rings (SSSR count). The summed E-state index contributed by atoms with van der Waals surface area (Å²) in [7, 11) is 0. The first kappa shape index (κ1) is 13.9.